The first-order valence-corrected chi connectivity index (χ1v) is 11.3. The van der Waals surface area contributed by atoms with E-state index >= 15 is 0 Å². The second-order valence-corrected chi connectivity index (χ2v) is 9.25. The van der Waals surface area contributed by atoms with E-state index in [9.17, 15) is 10.1 Å². The molecule has 152 valence electrons. The summed E-state index contributed by atoms with van der Waals surface area (Å²) < 4.78 is 0. The number of benzene rings is 1. The van der Waals surface area contributed by atoms with Crippen LogP contribution in [0, 0.1) is 11.3 Å². The van der Waals surface area contributed by atoms with Gasteiger partial charge in [0.05, 0.1) is 5.56 Å². The highest BCUT2D eigenvalue weighted by atomic mass is 32.1. The Labute approximate surface area is 176 Å². The Morgan fingerprint density at radius 1 is 1.10 bits per heavy atom. The first kappa shape index (κ1) is 19.9. The molecule has 1 amide bonds. The van der Waals surface area contributed by atoms with Crippen LogP contribution in [-0.2, 0) is 12.8 Å². The van der Waals surface area contributed by atoms with E-state index in [1.54, 1.807) is 11.3 Å². The van der Waals surface area contributed by atoms with E-state index in [4.69, 9.17) is 0 Å². The van der Waals surface area contributed by atoms with Gasteiger partial charge in [-0.1, -0.05) is 0 Å². The van der Waals surface area contributed by atoms with Gasteiger partial charge in [-0.2, -0.15) is 5.26 Å². The molecule has 2 aliphatic rings. The first-order valence-electron chi connectivity index (χ1n) is 10.5. The van der Waals surface area contributed by atoms with Crippen molar-refractivity contribution in [1.29, 1.82) is 5.26 Å². The molecule has 2 heterocycles. The Bertz CT molecular complexity index is 918. The molecular formula is C23H28N4OS. The summed E-state index contributed by atoms with van der Waals surface area (Å²) in [6.07, 6.45) is 4.25. The zero-order chi connectivity index (χ0) is 20.4. The van der Waals surface area contributed by atoms with Gasteiger partial charge in [-0.25, -0.2) is 0 Å². The van der Waals surface area contributed by atoms with E-state index in [0.29, 0.717) is 22.2 Å². The molecule has 5 nitrogen and oxygen atoms in total. The zero-order valence-electron chi connectivity index (χ0n) is 17.2. The first-order chi connectivity index (χ1) is 14.1. The van der Waals surface area contributed by atoms with E-state index in [0.717, 1.165) is 56.7 Å². The monoisotopic (exact) mass is 408 g/mol. The molecule has 1 aromatic carbocycles. The summed E-state index contributed by atoms with van der Waals surface area (Å²) in [5.74, 6) is -0.142. The number of hydrogen-bond donors (Lipinski definition) is 1. The minimum Gasteiger partial charge on any atom is -0.369 e. The van der Waals surface area contributed by atoms with Crippen molar-refractivity contribution in [3.63, 3.8) is 0 Å². The maximum absolute atomic E-state index is 12.8. The minimum atomic E-state index is -0.142. The number of hydrogen-bond acceptors (Lipinski definition) is 5. The number of fused-ring (bicyclic) bond motifs is 1. The molecule has 2 aromatic rings. The maximum atomic E-state index is 12.8. The number of amides is 1. The third-order valence-electron chi connectivity index (χ3n) is 6.05. The number of anilines is 2. The predicted molar refractivity (Wildman–Crippen MR) is 119 cm³/mol. The Morgan fingerprint density at radius 2 is 1.79 bits per heavy atom. The van der Waals surface area contributed by atoms with Gasteiger partial charge in [0.1, 0.15) is 11.1 Å². The molecule has 1 N–H and O–H groups in total. The van der Waals surface area contributed by atoms with Gasteiger partial charge in [-0.05, 0) is 69.4 Å². The third-order valence-corrected chi connectivity index (χ3v) is 7.26. The molecule has 0 unspecified atom stereocenters. The van der Waals surface area contributed by atoms with E-state index in [1.165, 1.54) is 11.3 Å². The largest absolute Gasteiger partial charge is 0.369 e. The Balaban J connectivity index is 1.43. The molecule has 1 aliphatic heterocycles. The number of aryl methyl sites for hydroxylation is 1. The summed E-state index contributed by atoms with van der Waals surface area (Å²) in [6.45, 7) is 8.64. The third kappa shape index (κ3) is 4.17. The van der Waals surface area contributed by atoms with Gasteiger partial charge in [0.2, 0.25) is 0 Å². The summed E-state index contributed by atoms with van der Waals surface area (Å²) in [4.78, 5) is 18.9. The van der Waals surface area contributed by atoms with Crippen LogP contribution in [0.15, 0.2) is 24.3 Å². The average Bonchev–Trinajstić information content (AvgIpc) is 3.10. The van der Waals surface area contributed by atoms with Crippen LogP contribution in [0.3, 0.4) is 0 Å². The van der Waals surface area contributed by atoms with Gasteiger partial charge >= 0.3 is 0 Å². The van der Waals surface area contributed by atoms with Crippen LogP contribution in [0.5, 0.6) is 0 Å². The van der Waals surface area contributed by atoms with Crippen molar-refractivity contribution in [2.45, 2.75) is 45.6 Å². The van der Waals surface area contributed by atoms with E-state index in [1.807, 2.05) is 24.3 Å². The van der Waals surface area contributed by atoms with Crippen molar-refractivity contribution in [2.75, 3.05) is 36.4 Å². The fourth-order valence-corrected chi connectivity index (χ4v) is 5.50. The fraction of sp³-hybridized carbons (Fsp3) is 0.478. The van der Waals surface area contributed by atoms with Crippen LogP contribution in [0.2, 0.25) is 0 Å². The lowest BCUT2D eigenvalue weighted by atomic mass is 9.96. The fourth-order valence-electron chi connectivity index (χ4n) is 4.27. The lowest BCUT2D eigenvalue weighted by Gasteiger charge is -2.38. The molecule has 4 rings (SSSR count). The molecule has 0 saturated carbocycles. The second kappa shape index (κ2) is 8.56. The van der Waals surface area contributed by atoms with Crippen LogP contribution in [0.4, 0.5) is 10.7 Å². The van der Waals surface area contributed by atoms with Crippen molar-refractivity contribution in [1.82, 2.24) is 4.90 Å². The number of carbonyl (C=O) groups is 1. The van der Waals surface area contributed by atoms with Crippen LogP contribution < -0.4 is 10.2 Å². The predicted octanol–water partition coefficient (Wildman–Crippen LogP) is 4.28. The van der Waals surface area contributed by atoms with Gasteiger partial charge in [-0.3, -0.25) is 9.69 Å². The van der Waals surface area contributed by atoms with Crippen LogP contribution >= 0.6 is 11.3 Å². The summed E-state index contributed by atoms with van der Waals surface area (Å²) in [7, 11) is 0. The van der Waals surface area contributed by atoms with Gasteiger partial charge < -0.3 is 10.2 Å². The molecule has 0 spiro atoms. The Morgan fingerprint density at radius 3 is 2.45 bits per heavy atom. The number of nitrogens with one attached hydrogen (secondary N) is 1. The minimum absolute atomic E-state index is 0.142. The number of thiophene rings is 1. The Kier molecular flexibility index (Phi) is 5.89. The Hall–Kier alpha value is -2.36. The summed E-state index contributed by atoms with van der Waals surface area (Å²) in [6, 6.07) is 10.7. The average molecular weight is 409 g/mol. The highest BCUT2D eigenvalue weighted by Gasteiger charge is 2.23. The molecule has 6 heteroatoms. The quantitative estimate of drug-likeness (QED) is 0.820. The second-order valence-electron chi connectivity index (χ2n) is 8.14. The molecule has 0 atom stereocenters. The van der Waals surface area contributed by atoms with Crippen LogP contribution in [-0.4, -0.2) is 43.0 Å². The van der Waals surface area contributed by atoms with E-state index < -0.39 is 0 Å². The molecular weight excluding hydrogens is 380 g/mol. The van der Waals surface area contributed by atoms with Crippen LogP contribution in [0.25, 0.3) is 0 Å². The van der Waals surface area contributed by atoms with Crippen molar-refractivity contribution >= 4 is 27.9 Å². The summed E-state index contributed by atoms with van der Waals surface area (Å²) in [5.41, 5.74) is 3.60. The number of rotatable bonds is 4. The lowest BCUT2D eigenvalue weighted by molar-refractivity contribution is 0.102. The summed E-state index contributed by atoms with van der Waals surface area (Å²) in [5, 5.41) is 13.3. The SMILES string of the molecule is CC(C)N1CCN(c2ccc(C(=O)Nc3sc4c(c3C#N)CCCC4)cc2)CC1. The number of nitrogens with zero attached hydrogens (tertiary/aromatic N) is 3. The van der Waals surface area contributed by atoms with Crippen molar-refractivity contribution in [3.8, 4) is 6.07 Å². The molecule has 29 heavy (non-hydrogen) atoms. The molecule has 1 aliphatic carbocycles. The van der Waals surface area contributed by atoms with Gasteiger partial charge in [0.15, 0.2) is 0 Å². The van der Waals surface area contributed by atoms with Gasteiger partial charge in [-0.15, -0.1) is 11.3 Å². The van der Waals surface area contributed by atoms with Gasteiger partial charge in [0, 0.05) is 48.3 Å². The maximum Gasteiger partial charge on any atom is 0.256 e. The highest BCUT2D eigenvalue weighted by Crippen LogP contribution is 2.37. The smallest absolute Gasteiger partial charge is 0.256 e. The standard InChI is InChI=1S/C23H28N4OS/c1-16(2)26-11-13-27(14-12-26)18-9-7-17(8-10-18)22(28)25-23-20(15-24)19-5-3-4-6-21(19)29-23/h7-10,16H,3-6,11-14H2,1-2H3,(H,25,28). The van der Waals surface area contributed by atoms with Crippen molar-refractivity contribution < 1.29 is 4.79 Å². The number of piperazine rings is 1. The van der Waals surface area contributed by atoms with Crippen molar-refractivity contribution in [3.05, 3.63) is 45.8 Å². The topological polar surface area (TPSA) is 59.4 Å². The molecule has 0 bridgehead atoms. The van der Waals surface area contributed by atoms with E-state index in [-0.39, 0.29) is 5.91 Å². The van der Waals surface area contributed by atoms with E-state index in [2.05, 4.69) is 35.0 Å². The lowest BCUT2D eigenvalue weighted by Crippen LogP contribution is -2.48. The normalized spacial score (nSPS) is 17.1. The number of nitriles is 1. The van der Waals surface area contributed by atoms with Gasteiger partial charge in [0.25, 0.3) is 5.91 Å². The van der Waals surface area contributed by atoms with Crippen molar-refractivity contribution in [2.24, 2.45) is 0 Å². The molecule has 1 aromatic heterocycles. The number of carbonyl (C=O) groups excluding carboxylic acids is 1. The zero-order valence-corrected chi connectivity index (χ0v) is 18.0. The molecule has 0 radical (unpaired) electrons. The highest BCUT2D eigenvalue weighted by molar-refractivity contribution is 7.16. The molecule has 1 saturated heterocycles. The van der Waals surface area contributed by atoms with Crippen LogP contribution in [0.1, 0.15) is 53.1 Å². The molecule has 1 fully saturated rings. The summed E-state index contributed by atoms with van der Waals surface area (Å²) >= 11 is 1.57.